The van der Waals surface area contributed by atoms with E-state index in [4.69, 9.17) is 0 Å². The lowest BCUT2D eigenvalue weighted by atomic mass is 10.2. The van der Waals surface area contributed by atoms with Gasteiger partial charge >= 0.3 is 0 Å². The third kappa shape index (κ3) is 3.97. The first-order chi connectivity index (χ1) is 7.24. The van der Waals surface area contributed by atoms with Crippen LogP contribution in [-0.2, 0) is 4.79 Å². The van der Waals surface area contributed by atoms with Gasteiger partial charge in [-0.25, -0.2) is 0 Å². The first kappa shape index (κ1) is 11.5. The van der Waals surface area contributed by atoms with E-state index in [1.807, 2.05) is 19.9 Å². The average Bonchev–Trinajstić information content (AvgIpc) is 2.21. The van der Waals surface area contributed by atoms with Crippen LogP contribution in [0.5, 0.6) is 0 Å². The minimum absolute atomic E-state index is 0.0803. The van der Waals surface area contributed by atoms with Crippen molar-refractivity contribution in [2.75, 3.05) is 18.4 Å². The van der Waals surface area contributed by atoms with E-state index in [0.717, 1.165) is 11.3 Å². The van der Waals surface area contributed by atoms with Crippen molar-refractivity contribution in [2.45, 2.75) is 20.3 Å². The van der Waals surface area contributed by atoms with Gasteiger partial charge in [0.05, 0.1) is 0 Å². The molecule has 0 saturated carbocycles. The zero-order valence-corrected chi connectivity index (χ0v) is 9.21. The Morgan fingerprint density at radius 3 is 3.00 bits per heavy atom. The maximum absolute atomic E-state index is 11.2. The van der Waals surface area contributed by atoms with Crippen molar-refractivity contribution >= 4 is 11.6 Å². The number of aryl methyl sites for hydroxylation is 1. The highest BCUT2D eigenvalue weighted by Crippen LogP contribution is 2.10. The molecule has 0 fully saturated rings. The number of hydrogen-bond donors (Lipinski definition) is 2. The number of hydrogen-bond acceptors (Lipinski definition) is 3. The first-order valence-corrected chi connectivity index (χ1v) is 5.15. The topological polar surface area (TPSA) is 54.0 Å². The van der Waals surface area contributed by atoms with E-state index in [9.17, 15) is 4.79 Å². The molecule has 1 aromatic heterocycles. The van der Waals surface area contributed by atoms with Gasteiger partial charge in [-0.15, -0.1) is 0 Å². The van der Waals surface area contributed by atoms with Gasteiger partial charge in [-0.3, -0.25) is 9.78 Å². The maximum Gasteiger partial charge on any atom is 0.221 e. The van der Waals surface area contributed by atoms with E-state index in [1.54, 1.807) is 12.4 Å². The van der Waals surface area contributed by atoms with Gasteiger partial charge < -0.3 is 10.6 Å². The van der Waals surface area contributed by atoms with Crippen molar-refractivity contribution in [3.05, 3.63) is 24.0 Å². The summed E-state index contributed by atoms with van der Waals surface area (Å²) in [6.45, 7) is 5.24. The Morgan fingerprint density at radius 2 is 2.33 bits per heavy atom. The van der Waals surface area contributed by atoms with Crippen LogP contribution in [0.2, 0.25) is 0 Å². The van der Waals surface area contributed by atoms with Gasteiger partial charge in [0, 0.05) is 37.6 Å². The third-order valence-electron chi connectivity index (χ3n) is 2.06. The van der Waals surface area contributed by atoms with E-state index in [-0.39, 0.29) is 5.91 Å². The molecule has 0 aliphatic carbocycles. The number of carbonyl (C=O) groups is 1. The van der Waals surface area contributed by atoms with Crippen molar-refractivity contribution in [1.82, 2.24) is 10.3 Å². The number of nitrogens with zero attached hydrogens (tertiary/aromatic N) is 1. The largest absolute Gasteiger partial charge is 0.384 e. The van der Waals surface area contributed by atoms with Crippen LogP contribution in [0.1, 0.15) is 18.9 Å². The van der Waals surface area contributed by atoms with Crippen molar-refractivity contribution < 1.29 is 4.79 Å². The van der Waals surface area contributed by atoms with E-state index in [1.165, 1.54) is 0 Å². The molecule has 0 aliphatic heterocycles. The normalized spacial score (nSPS) is 9.73. The molecule has 0 aromatic carbocycles. The molecular weight excluding hydrogens is 190 g/mol. The lowest BCUT2D eigenvalue weighted by Crippen LogP contribution is -2.24. The van der Waals surface area contributed by atoms with E-state index < -0.39 is 0 Å². The molecule has 0 unspecified atom stereocenters. The summed E-state index contributed by atoms with van der Waals surface area (Å²) in [5.74, 6) is 0.0803. The standard InChI is InChI=1S/C11H17N3O/c1-3-13-11(15)5-7-14-10-4-6-12-8-9(10)2/h4,6,8H,3,5,7H2,1-2H3,(H,12,14)(H,13,15). The summed E-state index contributed by atoms with van der Waals surface area (Å²) in [7, 11) is 0. The predicted octanol–water partition coefficient (Wildman–Crippen LogP) is 1.33. The van der Waals surface area contributed by atoms with Crippen LogP contribution in [0.3, 0.4) is 0 Å². The number of amides is 1. The summed E-state index contributed by atoms with van der Waals surface area (Å²) in [5, 5.41) is 5.96. The molecule has 0 saturated heterocycles. The summed E-state index contributed by atoms with van der Waals surface area (Å²) in [5.41, 5.74) is 2.13. The maximum atomic E-state index is 11.2. The van der Waals surface area contributed by atoms with Gasteiger partial charge in [-0.05, 0) is 25.5 Å². The Hall–Kier alpha value is -1.58. The monoisotopic (exact) mass is 207 g/mol. The molecule has 82 valence electrons. The highest BCUT2D eigenvalue weighted by molar-refractivity contribution is 5.76. The van der Waals surface area contributed by atoms with Crippen molar-refractivity contribution in [3.8, 4) is 0 Å². The predicted molar refractivity (Wildman–Crippen MR) is 60.8 cm³/mol. The molecule has 4 heteroatoms. The van der Waals surface area contributed by atoms with E-state index in [0.29, 0.717) is 19.5 Å². The summed E-state index contributed by atoms with van der Waals surface area (Å²) in [6, 6.07) is 1.91. The van der Waals surface area contributed by atoms with Crippen LogP contribution in [-0.4, -0.2) is 24.0 Å². The second-order valence-corrected chi connectivity index (χ2v) is 3.32. The van der Waals surface area contributed by atoms with Gasteiger partial charge in [0.15, 0.2) is 0 Å². The quantitative estimate of drug-likeness (QED) is 0.765. The minimum Gasteiger partial charge on any atom is -0.384 e. The summed E-state index contributed by atoms with van der Waals surface area (Å²) in [6.07, 6.45) is 4.03. The highest BCUT2D eigenvalue weighted by Gasteiger charge is 2.00. The smallest absolute Gasteiger partial charge is 0.221 e. The van der Waals surface area contributed by atoms with Crippen LogP contribution in [0.15, 0.2) is 18.5 Å². The number of pyridine rings is 1. The molecule has 1 amide bonds. The molecule has 0 atom stereocenters. The van der Waals surface area contributed by atoms with Crippen LogP contribution >= 0.6 is 0 Å². The average molecular weight is 207 g/mol. The molecule has 2 N–H and O–H groups in total. The Balaban J connectivity index is 2.32. The third-order valence-corrected chi connectivity index (χ3v) is 2.06. The Bertz CT molecular complexity index is 325. The number of nitrogens with one attached hydrogen (secondary N) is 2. The summed E-state index contributed by atoms with van der Waals surface area (Å²) >= 11 is 0. The van der Waals surface area contributed by atoms with Crippen LogP contribution in [0, 0.1) is 6.92 Å². The Labute approximate surface area is 90.1 Å². The van der Waals surface area contributed by atoms with Gasteiger partial charge in [0.2, 0.25) is 5.91 Å². The highest BCUT2D eigenvalue weighted by atomic mass is 16.1. The van der Waals surface area contributed by atoms with Gasteiger partial charge in [-0.1, -0.05) is 0 Å². The second-order valence-electron chi connectivity index (χ2n) is 3.32. The molecule has 0 bridgehead atoms. The number of rotatable bonds is 5. The fourth-order valence-corrected chi connectivity index (χ4v) is 1.27. The molecule has 0 spiro atoms. The van der Waals surface area contributed by atoms with E-state index in [2.05, 4.69) is 15.6 Å². The second kappa shape index (κ2) is 6.01. The van der Waals surface area contributed by atoms with Crippen LogP contribution in [0.25, 0.3) is 0 Å². The van der Waals surface area contributed by atoms with Gasteiger partial charge in [0.1, 0.15) is 0 Å². The number of anilines is 1. The van der Waals surface area contributed by atoms with Crippen molar-refractivity contribution in [2.24, 2.45) is 0 Å². The molecule has 1 aromatic rings. The zero-order chi connectivity index (χ0) is 11.1. The Morgan fingerprint density at radius 1 is 1.53 bits per heavy atom. The molecule has 4 nitrogen and oxygen atoms in total. The SMILES string of the molecule is CCNC(=O)CCNc1ccncc1C. The lowest BCUT2D eigenvalue weighted by Gasteiger charge is -2.08. The van der Waals surface area contributed by atoms with E-state index >= 15 is 0 Å². The molecule has 15 heavy (non-hydrogen) atoms. The van der Waals surface area contributed by atoms with Gasteiger partial charge in [-0.2, -0.15) is 0 Å². The van der Waals surface area contributed by atoms with Crippen molar-refractivity contribution in [3.63, 3.8) is 0 Å². The summed E-state index contributed by atoms with van der Waals surface area (Å²) in [4.78, 5) is 15.2. The minimum atomic E-state index is 0.0803. The van der Waals surface area contributed by atoms with Crippen LogP contribution in [0.4, 0.5) is 5.69 Å². The summed E-state index contributed by atoms with van der Waals surface area (Å²) < 4.78 is 0. The fraction of sp³-hybridized carbons (Fsp3) is 0.455. The fourth-order valence-electron chi connectivity index (χ4n) is 1.27. The molecule has 0 aliphatic rings. The lowest BCUT2D eigenvalue weighted by molar-refractivity contribution is -0.120. The number of aromatic nitrogens is 1. The Kier molecular flexibility index (Phi) is 4.60. The molecular formula is C11H17N3O. The van der Waals surface area contributed by atoms with Crippen LogP contribution < -0.4 is 10.6 Å². The molecule has 1 heterocycles. The zero-order valence-electron chi connectivity index (χ0n) is 9.21. The van der Waals surface area contributed by atoms with Crippen molar-refractivity contribution in [1.29, 1.82) is 0 Å². The number of carbonyl (C=O) groups excluding carboxylic acids is 1. The molecule has 0 radical (unpaired) electrons. The molecule has 1 rings (SSSR count). The van der Waals surface area contributed by atoms with Gasteiger partial charge in [0.25, 0.3) is 0 Å². The first-order valence-electron chi connectivity index (χ1n) is 5.15.